The third-order valence-electron chi connectivity index (χ3n) is 3.13. The van der Waals surface area contributed by atoms with Gasteiger partial charge in [0.2, 0.25) is 11.8 Å². The predicted octanol–water partition coefficient (Wildman–Crippen LogP) is 3.59. The quantitative estimate of drug-likeness (QED) is 0.833. The molecule has 2 rings (SSSR count). The van der Waals surface area contributed by atoms with Gasteiger partial charge in [-0.2, -0.15) is 0 Å². The molecule has 5 heteroatoms. The van der Waals surface area contributed by atoms with Crippen LogP contribution in [0.5, 0.6) is 0 Å². The van der Waals surface area contributed by atoms with Crippen molar-refractivity contribution in [1.29, 1.82) is 0 Å². The van der Waals surface area contributed by atoms with Gasteiger partial charge in [-0.3, -0.25) is 9.59 Å². The Morgan fingerprint density at radius 2 is 2.10 bits per heavy atom. The maximum absolute atomic E-state index is 12.0. The monoisotopic (exact) mass is 292 g/mol. The summed E-state index contributed by atoms with van der Waals surface area (Å²) < 4.78 is 0. The molecule has 1 aromatic carbocycles. The molecule has 2 N–H and O–H groups in total. The van der Waals surface area contributed by atoms with Crippen LogP contribution in [0.3, 0.4) is 0 Å². The van der Waals surface area contributed by atoms with Crippen LogP contribution >= 0.6 is 11.6 Å². The first-order chi connectivity index (χ1) is 9.54. The van der Waals surface area contributed by atoms with Crippen molar-refractivity contribution in [3.8, 4) is 0 Å². The molecule has 0 aromatic heterocycles. The van der Waals surface area contributed by atoms with Gasteiger partial charge in [0, 0.05) is 18.4 Å². The molecule has 0 saturated heterocycles. The lowest BCUT2D eigenvalue weighted by molar-refractivity contribution is -0.117. The van der Waals surface area contributed by atoms with Crippen LogP contribution in [0.25, 0.3) is 0 Å². The smallest absolute Gasteiger partial charge is 0.225 e. The van der Waals surface area contributed by atoms with Crippen LogP contribution in [-0.4, -0.2) is 11.8 Å². The minimum absolute atomic E-state index is 0.0737. The van der Waals surface area contributed by atoms with E-state index in [9.17, 15) is 9.59 Å². The Balaban J connectivity index is 2.06. The lowest BCUT2D eigenvalue weighted by Gasteiger charge is -2.13. The zero-order valence-electron chi connectivity index (χ0n) is 11.3. The van der Waals surface area contributed by atoms with Crippen LogP contribution in [0.4, 0.5) is 11.4 Å². The van der Waals surface area contributed by atoms with E-state index >= 15 is 0 Å². The highest BCUT2D eigenvalue weighted by Gasteiger charge is 2.15. The number of hydrogen-bond acceptors (Lipinski definition) is 2. The lowest BCUT2D eigenvalue weighted by atomic mass is 10.0. The van der Waals surface area contributed by atoms with Gasteiger partial charge in [0.15, 0.2) is 0 Å². The Kier molecular flexibility index (Phi) is 4.79. The van der Waals surface area contributed by atoms with Crippen molar-refractivity contribution in [2.24, 2.45) is 5.92 Å². The second-order valence-corrected chi connectivity index (χ2v) is 5.33. The summed E-state index contributed by atoms with van der Waals surface area (Å²) in [5.74, 6) is 0.0374. The number of amides is 2. The minimum Gasteiger partial charge on any atom is -0.325 e. The van der Waals surface area contributed by atoms with E-state index in [0.717, 1.165) is 12.8 Å². The second kappa shape index (κ2) is 6.57. The van der Waals surface area contributed by atoms with Crippen LogP contribution in [0, 0.1) is 5.92 Å². The van der Waals surface area contributed by atoms with E-state index < -0.39 is 0 Å². The highest BCUT2D eigenvalue weighted by atomic mass is 35.5. The molecule has 1 atom stereocenters. The molecule has 1 unspecified atom stereocenters. The van der Waals surface area contributed by atoms with Gasteiger partial charge < -0.3 is 10.6 Å². The molecule has 1 aliphatic carbocycles. The topological polar surface area (TPSA) is 58.2 Å². The van der Waals surface area contributed by atoms with Gasteiger partial charge in [-0.1, -0.05) is 23.8 Å². The van der Waals surface area contributed by atoms with Gasteiger partial charge in [0.25, 0.3) is 0 Å². The summed E-state index contributed by atoms with van der Waals surface area (Å²) in [6, 6.07) is 4.98. The summed E-state index contributed by atoms with van der Waals surface area (Å²) in [5, 5.41) is 5.99. The summed E-state index contributed by atoms with van der Waals surface area (Å²) in [6.07, 6.45) is 6.67. The molecule has 0 aliphatic heterocycles. The van der Waals surface area contributed by atoms with Crippen molar-refractivity contribution in [3.63, 3.8) is 0 Å². The predicted molar refractivity (Wildman–Crippen MR) is 80.9 cm³/mol. The summed E-state index contributed by atoms with van der Waals surface area (Å²) in [5.41, 5.74) is 1.08. The first kappa shape index (κ1) is 14.6. The fourth-order valence-electron chi connectivity index (χ4n) is 2.22. The highest BCUT2D eigenvalue weighted by Crippen LogP contribution is 2.27. The van der Waals surface area contributed by atoms with Gasteiger partial charge in [-0.05, 0) is 37.0 Å². The molecule has 0 fully saturated rings. The normalized spacial score (nSPS) is 17.0. The fraction of sp³-hybridized carbons (Fsp3) is 0.333. The number of allylic oxidation sites excluding steroid dienone is 2. The molecule has 20 heavy (non-hydrogen) atoms. The van der Waals surface area contributed by atoms with Crippen molar-refractivity contribution in [2.45, 2.75) is 26.2 Å². The number of rotatable bonds is 4. The van der Waals surface area contributed by atoms with Gasteiger partial charge >= 0.3 is 0 Å². The van der Waals surface area contributed by atoms with Crippen molar-refractivity contribution in [2.75, 3.05) is 10.6 Å². The van der Waals surface area contributed by atoms with Crippen molar-refractivity contribution < 1.29 is 9.59 Å². The molecule has 0 radical (unpaired) electrons. The Hall–Kier alpha value is -1.81. The SMILES string of the molecule is CC(=O)Nc1ccc(Cl)cc1NC(=O)CC1C=CCC1. The number of hydrogen-bond donors (Lipinski definition) is 2. The van der Waals surface area contributed by atoms with Crippen LogP contribution < -0.4 is 10.6 Å². The average molecular weight is 293 g/mol. The van der Waals surface area contributed by atoms with Gasteiger partial charge in [0.1, 0.15) is 0 Å². The first-order valence-electron chi connectivity index (χ1n) is 6.58. The average Bonchev–Trinajstić information content (AvgIpc) is 2.84. The Morgan fingerprint density at radius 1 is 1.30 bits per heavy atom. The van der Waals surface area contributed by atoms with E-state index in [1.165, 1.54) is 6.92 Å². The fourth-order valence-corrected chi connectivity index (χ4v) is 2.40. The molecule has 0 saturated carbocycles. The van der Waals surface area contributed by atoms with Crippen LogP contribution in [-0.2, 0) is 9.59 Å². The summed E-state index contributed by atoms with van der Waals surface area (Å²) in [4.78, 5) is 23.2. The number of anilines is 2. The second-order valence-electron chi connectivity index (χ2n) is 4.89. The summed E-state index contributed by atoms with van der Waals surface area (Å²) in [6.45, 7) is 1.42. The van der Waals surface area contributed by atoms with Crippen molar-refractivity contribution in [1.82, 2.24) is 0 Å². The van der Waals surface area contributed by atoms with Gasteiger partial charge in [-0.15, -0.1) is 0 Å². The lowest BCUT2D eigenvalue weighted by Crippen LogP contribution is -2.17. The van der Waals surface area contributed by atoms with Gasteiger partial charge in [-0.25, -0.2) is 0 Å². The molecule has 2 amide bonds. The van der Waals surface area contributed by atoms with Crippen LogP contribution in [0.1, 0.15) is 26.2 Å². The van der Waals surface area contributed by atoms with E-state index in [0.29, 0.717) is 28.7 Å². The van der Waals surface area contributed by atoms with Crippen LogP contribution in [0.15, 0.2) is 30.4 Å². The highest BCUT2D eigenvalue weighted by molar-refractivity contribution is 6.31. The zero-order valence-corrected chi connectivity index (χ0v) is 12.0. The van der Waals surface area contributed by atoms with E-state index in [1.807, 2.05) is 0 Å². The molecule has 4 nitrogen and oxygen atoms in total. The number of halogens is 1. The molecule has 106 valence electrons. The Labute approximate surface area is 123 Å². The van der Waals surface area contributed by atoms with E-state index in [4.69, 9.17) is 11.6 Å². The number of carbonyl (C=O) groups excluding carboxylic acids is 2. The summed E-state index contributed by atoms with van der Waals surface area (Å²) in [7, 11) is 0. The minimum atomic E-state index is -0.193. The molecule has 0 spiro atoms. The zero-order chi connectivity index (χ0) is 14.5. The number of benzene rings is 1. The van der Waals surface area contributed by atoms with Gasteiger partial charge in [0.05, 0.1) is 11.4 Å². The largest absolute Gasteiger partial charge is 0.325 e. The molecular formula is C15H17ClN2O2. The Bertz CT molecular complexity index is 555. The maximum Gasteiger partial charge on any atom is 0.225 e. The van der Waals surface area contributed by atoms with Crippen molar-refractivity contribution in [3.05, 3.63) is 35.4 Å². The molecule has 1 aromatic rings. The Morgan fingerprint density at radius 3 is 2.75 bits per heavy atom. The molecule has 0 heterocycles. The standard InChI is InChI=1S/C15H17ClN2O2/c1-10(19)17-13-7-6-12(16)9-14(13)18-15(20)8-11-4-2-3-5-11/h2,4,6-7,9,11H,3,5,8H2,1H3,(H,17,19)(H,18,20). The maximum atomic E-state index is 12.0. The van der Waals surface area contributed by atoms with Crippen LogP contribution in [0.2, 0.25) is 5.02 Å². The number of carbonyl (C=O) groups is 2. The van der Waals surface area contributed by atoms with E-state index in [-0.39, 0.29) is 11.8 Å². The first-order valence-corrected chi connectivity index (χ1v) is 6.96. The van der Waals surface area contributed by atoms with E-state index in [1.54, 1.807) is 18.2 Å². The van der Waals surface area contributed by atoms with E-state index in [2.05, 4.69) is 22.8 Å². The van der Waals surface area contributed by atoms with Crippen molar-refractivity contribution >= 4 is 34.8 Å². The third-order valence-corrected chi connectivity index (χ3v) is 3.36. The molecule has 1 aliphatic rings. The number of nitrogens with one attached hydrogen (secondary N) is 2. The summed E-state index contributed by atoms with van der Waals surface area (Å²) >= 11 is 5.93. The third kappa shape index (κ3) is 4.10. The molecule has 0 bridgehead atoms. The molecular weight excluding hydrogens is 276 g/mol.